The van der Waals surface area contributed by atoms with Crippen molar-refractivity contribution in [1.82, 2.24) is 8.87 Å². The van der Waals surface area contributed by atoms with Crippen molar-refractivity contribution in [3.8, 4) is 0 Å². The number of sulfonamides is 1. The lowest BCUT2D eigenvalue weighted by molar-refractivity contribution is 0.0997. The number of thiazole rings is 1. The van der Waals surface area contributed by atoms with Crippen LogP contribution in [0.2, 0.25) is 0 Å². The molecule has 1 aliphatic rings. The van der Waals surface area contributed by atoms with Crippen molar-refractivity contribution in [3.05, 3.63) is 106 Å². The first kappa shape index (κ1) is 23.8. The van der Waals surface area contributed by atoms with E-state index in [0.29, 0.717) is 36.4 Å². The van der Waals surface area contributed by atoms with Gasteiger partial charge < -0.3 is 4.57 Å². The maximum absolute atomic E-state index is 13.3. The summed E-state index contributed by atoms with van der Waals surface area (Å²) in [5, 5.41) is 2.28. The first-order valence-corrected chi connectivity index (χ1v) is 14.5. The van der Waals surface area contributed by atoms with E-state index in [-0.39, 0.29) is 4.90 Å². The van der Waals surface area contributed by atoms with Crippen LogP contribution in [0.3, 0.4) is 0 Å². The van der Waals surface area contributed by atoms with E-state index in [1.165, 1.54) is 33.3 Å². The third-order valence-electron chi connectivity index (χ3n) is 6.92. The van der Waals surface area contributed by atoms with Gasteiger partial charge in [0.25, 0.3) is 5.91 Å². The first-order valence-electron chi connectivity index (χ1n) is 12.2. The number of rotatable bonds is 4. The summed E-state index contributed by atoms with van der Waals surface area (Å²) < 4.78 is 31.2. The van der Waals surface area contributed by atoms with E-state index in [2.05, 4.69) is 29.3 Å². The Morgan fingerprint density at radius 2 is 1.65 bits per heavy atom. The highest BCUT2D eigenvalue weighted by atomic mass is 32.2. The monoisotopic (exact) mass is 527 g/mol. The lowest BCUT2D eigenvalue weighted by Crippen LogP contribution is -2.35. The van der Waals surface area contributed by atoms with Crippen molar-refractivity contribution in [3.63, 3.8) is 0 Å². The van der Waals surface area contributed by atoms with E-state index < -0.39 is 15.9 Å². The third kappa shape index (κ3) is 4.21. The Hall–Kier alpha value is -3.59. The zero-order chi connectivity index (χ0) is 25.6. The van der Waals surface area contributed by atoms with E-state index >= 15 is 0 Å². The average Bonchev–Trinajstić information content (AvgIpc) is 3.30. The maximum Gasteiger partial charge on any atom is 0.279 e. The minimum Gasteiger partial charge on any atom is -0.317 e. The Labute approximate surface area is 219 Å². The summed E-state index contributed by atoms with van der Waals surface area (Å²) in [6, 6.07) is 26.4. The number of nitrogens with zero attached hydrogens (tertiary/aromatic N) is 3. The van der Waals surface area contributed by atoms with Gasteiger partial charge >= 0.3 is 0 Å². The molecule has 0 atom stereocenters. The molecule has 0 spiro atoms. The molecule has 0 radical (unpaired) electrons. The quantitative estimate of drug-likeness (QED) is 0.316. The van der Waals surface area contributed by atoms with Gasteiger partial charge in [0.05, 0.1) is 15.1 Å². The smallest absolute Gasteiger partial charge is 0.279 e. The second kappa shape index (κ2) is 9.37. The van der Waals surface area contributed by atoms with Gasteiger partial charge in [-0.1, -0.05) is 65.9 Å². The van der Waals surface area contributed by atoms with Gasteiger partial charge in [0, 0.05) is 30.6 Å². The van der Waals surface area contributed by atoms with Crippen molar-refractivity contribution < 1.29 is 13.2 Å². The second-order valence-electron chi connectivity index (χ2n) is 9.06. The Morgan fingerprint density at radius 3 is 2.43 bits per heavy atom. The van der Waals surface area contributed by atoms with Gasteiger partial charge in [-0.25, -0.2) is 8.42 Å². The van der Waals surface area contributed by atoms with Gasteiger partial charge in [-0.05, 0) is 60.2 Å². The zero-order valence-electron chi connectivity index (χ0n) is 20.3. The number of hydrogen-bond acceptors (Lipinski definition) is 4. The zero-order valence-corrected chi connectivity index (χ0v) is 21.9. The van der Waals surface area contributed by atoms with E-state index in [1.54, 1.807) is 12.1 Å². The number of aromatic nitrogens is 1. The van der Waals surface area contributed by atoms with Gasteiger partial charge in [-0.15, -0.1) is 0 Å². The molecular formula is C29H25N3O3S2. The molecule has 1 aliphatic heterocycles. The highest BCUT2D eigenvalue weighted by molar-refractivity contribution is 7.89. The molecule has 0 saturated heterocycles. The summed E-state index contributed by atoms with van der Waals surface area (Å²) in [6.45, 7) is 3.50. The number of fused-ring (bicyclic) bond motifs is 4. The van der Waals surface area contributed by atoms with Crippen LogP contribution in [-0.4, -0.2) is 29.7 Å². The largest absolute Gasteiger partial charge is 0.317 e. The van der Waals surface area contributed by atoms with Crippen molar-refractivity contribution in [2.75, 3.05) is 6.54 Å². The number of aryl methyl sites for hydroxylation is 1. The molecule has 6 nitrogen and oxygen atoms in total. The number of amides is 1. The van der Waals surface area contributed by atoms with Gasteiger partial charge in [0.1, 0.15) is 0 Å². The maximum atomic E-state index is 13.3. The molecule has 4 aromatic carbocycles. The van der Waals surface area contributed by atoms with Crippen LogP contribution in [0, 0.1) is 0 Å². The number of benzene rings is 4. The molecule has 1 amide bonds. The minimum absolute atomic E-state index is 0.181. The molecule has 1 aromatic heterocycles. The molecule has 0 fully saturated rings. The summed E-state index contributed by atoms with van der Waals surface area (Å²) in [6.07, 6.45) is 0.687. The lowest BCUT2D eigenvalue weighted by atomic mass is 10.0. The van der Waals surface area contributed by atoms with Crippen LogP contribution in [0.1, 0.15) is 28.4 Å². The van der Waals surface area contributed by atoms with Gasteiger partial charge in [-0.3, -0.25) is 4.79 Å². The number of carbonyl (C=O) groups excluding carboxylic acids is 1. The van der Waals surface area contributed by atoms with E-state index in [4.69, 9.17) is 0 Å². The highest BCUT2D eigenvalue weighted by Crippen LogP contribution is 2.28. The van der Waals surface area contributed by atoms with Gasteiger partial charge in [-0.2, -0.15) is 9.30 Å². The predicted molar refractivity (Wildman–Crippen MR) is 147 cm³/mol. The average molecular weight is 528 g/mol. The fourth-order valence-electron chi connectivity index (χ4n) is 4.93. The summed E-state index contributed by atoms with van der Waals surface area (Å²) in [4.78, 5) is 18.3. The van der Waals surface area contributed by atoms with Crippen molar-refractivity contribution in [1.29, 1.82) is 0 Å². The van der Waals surface area contributed by atoms with Gasteiger partial charge in [0.15, 0.2) is 4.80 Å². The SMILES string of the molecule is CCn1c(=NC(=O)c2ccc(S(=O)(=O)N3CCc4ccccc4C3)cc2)sc2c3ccccc3ccc21. The van der Waals surface area contributed by atoms with E-state index in [1.807, 2.05) is 47.9 Å². The highest BCUT2D eigenvalue weighted by Gasteiger charge is 2.28. The summed E-state index contributed by atoms with van der Waals surface area (Å²) in [7, 11) is -3.67. The van der Waals surface area contributed by atoms with E-state index in [0.717, 1.165) is 26.6 Å². The van der Waals surface area contributed by atoms with Crippen LogP contribution in [0.5, 0.6) is 0 Å². The second-order valence-corrected chi connectivity index (χ2v) is 12.0. The molecule has 0 N–H and O–H groups in total. The van der Waals surface area contributed by atoms with Crippen molar-refractivity contribution in [2.24, 2.45) is 4.99 Å². The van der Waals surface area contributed by atoms with Crippen LogP contribution >= 0.6 is 11.3 Å². The van der Waals surface area contributed by atoms with Crippen molar-refractivity contribution >= 4 is 48.3 Å². The van der Waals surface area contributed by atoms with Crippen LogP contribution < -0.4 is 4.80 Å². The normalized spacial score (nSPS) is 14.8. The molecule has 6 rings (SSSR count). The standard InChI is InChI=1S/C29H25N3O3S2/c1-2-32-26-16-13-21-8-5-6-10-25(21)27(26)36-29(32)30-28(33)22-11-14-24(15-12-22)37(34,35)31-18-17-20-7-3-4-9-23(20)19-31/h3-16H,2,17-19H2,1H3. The predicted octanol–water partition coefficient (Wildman–Crippen LogP) is 5.36. The molecule has 0 aliphatic carbocycles. The molecule has 186 valence electrons. The van der Waals surface area contributed by atoms with Crippen molar-refractivity contribution in [2.45, 2.75) is 31.3 Å². The topological polar surface area (TPSA) is 71.7 Å². The Bertz CT molecular complexity index is 1830. The number of carbonyl (C=O) groups is 1. The minimum atomic E-state index is -3.67. The summed E-state index contributed by atoms with van der Waals surface area (Å²) in [5.74, 6) is -0.395. The number of hydrogen-bond donors (Lipinski definition) is 0. The van der Waals surface area contributed by atoms with Crippen LogP contribution in [0.15, 0.2) is 94.8 Å². The summed E-state index contributed by atoms with van der Waals surface area (Å²) >= 11 is 1.49. The molecule has 0 saturated carbocycles. The van der Waals surface area contributed by atoms with Crippen LogP contribution in [0.4, 0.5) is 0 Å². The molecule has 0 unspecified atom stereocenters. The molecule has 0 bridgehead atoms. The fraction of sp³-hybridized carbons (Fsp3) is 0.172. The Morgan fingerprint density at radius 1 is 0.919 bits per heavy atom. The molecule has 8 heteroatoms. The molecule has 37 heavy (non-hydrogen) atoms. The molecule has 2 heterocycles. The Kier molecular flexibility index (Phi) is 6.03. The first-order chi connectivity index (χ1) is 18.0. The summed E-state index contributed by atoms with van der Waals surface area (Å²) in [5.41, 5.74) is 3.62. The molecule has 5 aromatic rings. The fourth-order valence-corrected chi connectivity index (χ4v) is 7.58. The molecular weight excluding hydrogens is 502 g/mol. The van der Waals surface area contributed by atoms with Crippen LogP contribution in [-0.2, 0) is 29.5 Å². The Balaban J connectivity index is 1.31. The van der Waals surface area contributed by atoms with Crippen LogP contribution in [0.25, 0.3) is 21.0 Å². The van der Waals surface area contributed by atoms with Gasteiger partial charge in [0.2, 0.25) is 10.0 Å². The van der Waals surface area contributed by atoms with E-state index in [9.17, 15) is 13.2 Å². The third-order valence-corrected chi connectivity index (χ3v) is 9.91. The lowest BCUT2D eigenvalue weighted by Gasteiger charge is -2.28.